The Hall–Kier alpha value is -1.36. The summed E-state index contributed by atoms with van der Waals surface area (Å²) in [5.41, 5.74) is 1.93. The molecule has 0 aromatic carbocycles. The zero-order valence-corrected chi connectivity index (χ0v) is 12.8. The Kier molecular flexibility index (Phi) is 4.81. The van der Waals surface area contributed by atoms with Gasteiger partial charge in [0.25, 0.3) is 0 Å². The highest BCUT2D eigenvalue weighted by atomic mass is 16.5. The van der Waals surface area contributed by atoms with E-state index in [1.54, 1.807) is 0 Å². The first-order chi connectivity index (χ1) is 9.49. The number of hydrogen-bond donors (Lipinski definition) is 2. The minimum absolute atomic E-state index is 0.0468. The third kappa shape index (κ3) is 3.39. The number of hydrogen-bond acceptors (Lipinski definition) is 4. The summed E-state index contributed by atoms with van der Waals surface area (Å²) >= 11 is 0. The van der Waals surface area contributed by atoms with E-state index in [9.17, 15) is 4.79 Å². The van der Waals surface area contributed by atoms with Crippen LogP contribution in [-0.4, -0.2) is 23.1 Å². The zero-order valence-electron chi connectivity index (χ0n) is 12.8. The van der Waals surface area contributed by atoms with Crippen LogP contribution >= 0.6 is 0 Å². The van der Waals surface area contributed by atoms with Crippen molar-refractivity contribution in [1.29, 1.82) is 0 Å². The van der Waals surface area contributed by atoms with E-state index >= 15 is 0 Å². The lowest BCUT2D eigenvalue weighted by Gasteiger charge is -2.21. The van der Waals surface area contributed by atoms with Crippen molar-refractivity contribution < 1.29 is 9.32 Å². The number of nitrogens with zero attached hydrogens (tertiary/aromatic N) is 1. The Morgan fingerprint density at radius 2 is 1.95 bits per heavy atom. The quantitative estimate of drug-likeness (QED) is 0.868. The highest BCUT2D eigenvalue weighted by molar-refractivity contribution is 5.81. The lowest BCUT2D eigenvalue weighted by atomic mass is 10.1. The summed E-state index contributed by atoms with van der Waals surface area (Å²) in [5, 5.41) is 10.4. The van der Waals surface area contributed by atoms with Gasteiger partial charge in [0.2, 0.25) is 5.91 Å². The number of aromatic nitrogens is 1. The van der Waals surface area contributed by atoms with Gasteiger partial charge >= 0.3 is 0 Å². The van der Waals surface area contributed by atoms with Gasteiger partial charge in [-0.15, -0.1) is 0 Å². The second kappa shape index (κ2) is 6.39. The van der Waals surface area contributed by atoms with Crippen LogP contribution in [0.2, 0.25) is 0 Å². The van der Waals surface area contributed by atoms with Crippen LogP contribution in [0.25, 0.3) is 0 Å². The monoisotopic (exact) mass is 279 g/mol. The largest absolute Gasteiger partial charge is 0.361 e. The van der Waals surface area contributed by atoms with Crippen molar-refractivity contribution in [2.24, 2.45) is 0 Å². The molecular weight excluding hydrogens is 254 g/mol. The molecule has 1 saturated carbocycles. The summed E-state index contributed by atoms with van der Waals surface area (Å²) in [5.74, 6) is 0.890. The summed E-state index contributed by atoms with van der Waals surface area (Å²) < 4.78 is 5.18. The number of carbonyl (C=O) groups is 1. The van der Waals surface area contributed by atoms with Crippen molar-refractivity contribution in [3.05, 3.63) is 17.0 Å². The molecule has 1 amide bonds. The first-order valence-corrected chi connectivity index (χ1v) is 7.48. The highest BCUT2D eigenvalue weighted by Crippen LogP contribution is 2.21. The molecule has 2 N–H and O–H groups in total. The van der Waals surface area contributed by atoms with Gasteiger partial charge in [-0.25, -0.2) is 0 Å². The van der Waals surface area contributed by atoms with Gasteiger partial charge in [0.1, 0.15) is 5.76 Å². The smallest absolute Gasteiger partial charge is 0.237 e. The molecule has 1 aliphatic carbocycles. The van der Waals surface area contributed by atoms with E-state index in [-0.39, 0.29) is 18.0 Å². The van der Waals surface area contributed by atoms with Gasteiger partial charge in [0, 0.05) is 17.6 Å². The molecule has 1 aromatic heterocycles. The summed E-state index contributed by atoms with van der Waals surface area (Å²) in [6.07, 6.45) is 4.67. The number of amides is 1. The molecule has 1 aliphatic rings. The Bertz CT molecular complexity index is 444. The predicted octanol–water partition coefficient (Wildman–Crippen LogP) is 2.39. The molecule has 1 heterocycles. The number of nitrogens with one attached hydrogen (secondary N) is 2. The third-order valence-corrected chi connectivity index (χ3v) is 4.12. The maximum absolute atomic E-state index is 12.2. The molecule has 20 heavy (non-hydrogen) atoms. The summed E-state index contributed by atoms with van der Waals surface area (Å²) in [7, 11) is 0. The maximum Gasteiger partial charge on any atom is 0.237 e. The van der Waals surface area contributed by atoms with E-state index in [2.05, 4.69) is 15.8 Å². The lowest BCUT2D eigenvalue weighted by molar-refractivity contribution is -0.123. The fraction of sp³-hybridized carbons (Fsp3) is 0.733. The number of carbonyl (C=O) groups excluding carboxylic acids is 1. The Labute approximate surface area is 120 Å². The van der Waals surface area contributed by atoms with Crippen LogP contribution in [0.5, 0.6) is 0 Å². The molecule has 0 bridgehead atoms. The molecule has 0 saturated heterocycles. The minimum Gasteiger partial charge on any atom is -0.361 e. The molecule has 0 radical (unpaired) electrons. The summed E-state index contributed by atoms with van der Waals surface area (Å²) in [6, 6.07) is 0.186. The number of aryl methyl sites for hydroxylation is 2. The van der Waals surface area contributed by atoms with E-state index in [1.807, 2.05) is 27.7 Å². The fourth-order valence-corrected chi connectivity index (χ4v) is 3.04. The second-order valence-corrected chi connectivity index (χ2v) is 5.84. The van der Waals surface area contributed by atoms with Crippen molar-refractivity contribution in [2.45, 2.75) is 71.5 Å². The van der Waals surface area contributed by atoms with Crippen LogP contribution in [0.1, 0.15) is 62.6 Å². The van der Waals surface area contributed by atoms with Crippen LogP contribution in [0, 0.1) is 13.8 Å². The molecule has 2 unspecified atom stereocenters. The molecule has 2 atom stereocenters. The van der Waals surface area contributed by atoms with Crippen LogP contribution in [0.3, 0.4) is 0 Å². The predicted molar refractivity (Wildman–Crippen MR) is 77.4 cm³/mol. The first kappa shape index (κ1) is 15.0. The van der Waals surface area contributed by atoms with E-state index in [0.29, 0.717) is 6.04 Å². The van der Waals surface area contributed by atoms with Crippen molar-refractivity contribution in [1.82, 2.24) is 15.8 Å². The minimum atomic E-state index is -0.223. The molecule has 5 nitrogen and oxygen atoms in total. The van der Waals surface area contributed by atoms with Crippen LogP contribution in [-0.2, 0) is 4.79 Å². The normalized spacial score (nSPS) is 19.0. The Balaban J connectivity index is 1.90. The molecule has 1 fully saturated rings. The third-order valence-electron chi connectivity index (χ3n) is 4.12. The maximum atomic E-state index is 12.2. The van der Waals surface area contributed by atoms with Gasteiger partial charge in [-0.05, 0) is 40.5 Å². The van der Waals surface area contributed by atoms with Gasteiger partial charge in [0.15, 0.2) is 0 Å². The molecule has 112 valence electrons. The molecular formula is C15H25N3O2. The Morgan fingerprint density at radius 3 is 2.50 bits per heavy atom. The van der Waals surface area contributed by atoms with Crippen molar-refractivity contribution in [3.63, 3.8) is 0 Å². The van der Waals surface area contributed by atoms with Gasteiger partial charge in [-0.1, -0.05) is 18.0 Å². The SMILES string of the molecule is Cc1noc(C)c1C(C)NC(C)C(=O)NC1CCCC1. The van der Waals surface area contributed by atoms with E-state index in [1.165, 1.54) is 12.8 Å². The van der Waals surface area contributed by atoms with Crippen molar-refractivity contribution >= 4 is 5.91 Å². The molecule has 5 heteroatoms. The summed E-state index contributed by atoms with van der Waals surface area (Å²) in [6.45, 7) is 7.76. The highest BCUT2D eigenvalue weighted by Gasteiger charge is 2.23. The van der Waals surface area contributed by atoms with Crippen molar-refractivity contribution in [2.75, 3.05) is 0 Å². The van der Waals surface area contributed by atoms with Crippen molar-refractivity contribution in [3.8, 4) is 0 Å². The summed E-state index contributed by atoms with van der Waals surface area (Å²) in [4.78, 5) is 12.2. The topological polar surface area (TPSA) is 67.2 Å². The Morgan fingerprint density at radius 1 is 1.30 bits per heavy atom. The standard InChI is InChI=1S/C15H25N3O2/c1-9(14-10(2)18-20-12(14)4)16-11(3)15(19)17-13-7-5-6-8-13/h9,11,13,16H,5-8H2,1-4H3,(H,17,19). The average Bonchev–Trinajstić information content (AvgIpc) is 2.99. The van der Waals surface area contributed by atoms with Gasteiger partial charge < -0.3 is 9.84 Å². The van der Waals surface area contributed by atoms with E-state index in [4.69, 9.17) is 4.52 Å². The molecule has 1 aromatic rings. The lowest BCUT2D eigenvalue weighted by Crippen LogP contribution is -2.46. The van der Waals surface area contributed by atoms with E-state index < -0.39 is 0 Å². The molecule has 0 aliphatic heterocycles. The second-order valence-electron chi connectivity index (χ2n) is 5.84. The number of rotatable bonds is 5. The van der Waals surface area contributed by atoms with Crippen LogP contribution in [0.15, 0.2) is 4.52 Å². The average molecular weight is 279 g/mol. The van der Waals surface area contributed by atoms with Gasteiger partial charge in [-0.2, -0.15) is 0 Å². The molecule has 2 rings (SSSR count). The zero-order chi connectivity index (χ0) is 14.7. The van der Waals surface area contributed by atoms with Gasteiger partial charge in [-0.3, -0.25) is 10.1 Å². The van der Waals surface area contributed by atoms with E-state index in [0.717, 1.165) is 29.9 Å². The van der Waals surface area contributed by atoms with Gasteiger partial charge in [0.05, 0.1) is 11.7 Å². The fourth-order valence-electron chi connectivity index (χ4n) is 3.04. The van der Waals surface area contributed by atoms with Crippen LogP contribution in [0.4, 0.5) is 0 Å². The van der Waals surface area contributed by atoms with Crippen LogP contribution < -0.4 is 10.6 Å². The first-order valence-electron chi connectivity index (χ1n) is 7.48. The molecule has 0 spiro atoms.